The molecule has 1 fully saturated rings. The first kappa shape index (κ1) is 22.5. The van der Waals surface area contributed by atoms with Crippen molar-refractivity contribution in [3.05, 3.63) is 54.1 Å². The van der Waals surface area contributed by atoms with E-state index in [2.05, 4.69) is 25.9 Å². The van der Waals surface area contributed by atoms with E-state index in [1.54, 1.807) is 0 Å². The number of rotatable bonds is 7. The van der Waals surface area contributed by atoms with Crippen molar-refractivity contribution in [2.45, 2.75) is 37.5 Å². The lowest BCUT2D eigenvalue weighted by molar-refractivity contribution is -0.0886. The third-order valence-corrected chi connectivity index (χ3v) is 4.84. The monoisotopic (exact) mass is 435 g/mol. The second-order valence-electron chi connectivity index (χ2n) is 7.02. The molecule has 2 heterocycles. The van der Waals surface area contributed by atoms with Crippen LogP contribution in [0, 0.1) is 11.6 Å². The van der Waals surface area contributed by atoms with E-state index in [0.717, 1.165) is 18.2 Å². The first-order chi connectivity index (χ1) is 15.0. The Hall–Kier alpha value is -3.18. The van der Waals surface area contributed by atoms with Crippen molar-refractivity contribution in [3.63, 3.8) is 0 Å². The van der Waals surface area contributed by atoms with E-state index in [4.69, 9.17) is 4.74 Å². The van der Waals surface area contributed by atoms with Crippen LogP contribution < -0.4 is 16.0 Å². The highest BCUT2D eigenvalue weighted by Gasteiger charge is 2.32. The maximum atomic E-state index is 13.7. The molecule has 1 saturated heterocycles. The number of benzene rings is 1. The molecular formula is C20H23F2N5O4. The van der Waals surface area contributed by atoms with E-state index in [1.165, 1.54) is 18.6 Å². The van der Waals surface area contributed by atoms with E-state index < -0.39 is 29.8 Å². The summed E-state index contributed by atoms with van der Waals surface area (Å²) in [7, 11) is 0. The van der Waals surface area contributed by atoms with Crippen LogP contribution in [0.1, 0.15) is 29.8 Å². The van der Waals surface area contributed by atoms with Crippen molar-refractivity contribution in [1.82, 2.24) is 20.6 Å². The molecule has 0 unspecified atom stereocenters. The summed E-state index contributed by atoms with van der Waals surface area (Å²) < 4.78 is 32.7. The second-order valence-corrected chi connectivity index (χ2v) is 7.02. The summed E-state index contributed by atoms with van der Waals surface area (Å²) in [5.41, 5.74) is -0.0724. The van der Waals surface area contributed by atoms with Gasteiger partial charge < -0.3 is 25.8 Å². The lowest BCUT2D eigenvalue weighted by Gasteiger charge is -2.36. The van der Waals surface area contributed by atoms with Gasteiger partial charge in [0.25, 0.3) is 5.91 Å². The molecule has 166 valence electrons. The van der Waals surface area contributed by atoms with Gasteiger partial charge in [-0.25, -0.2) is 18.6 Å². The van der Waals surface area contributed by atoms with Crippen molar-refractivity contribution in [1.29, 1.82) is 0 Å². The fourth-order valence-electron chi connectivity index (χ4n) is 3.28. The van der Waals surface area contributed by atoms with Crippen LogP contribution in [-0.4, -0.2) is 58.4 Å². The molecule has 11 heteroatoms. The van der Waals surface area contributed by atoms with Gasteiger partial charge in [-0.05, 0) is 31.4 Å². The van der Waals surface area contributed by atoms with Crippen molar-refractivity contribution >= 4 is 17.6 Å². The van der Waals surface area contributed by atoms with Crippen LogP contribution in [0.15, 0.2) is 36.8 Å². The predicted octanol–water partition coefficient (Wildman–Crippen LogP) is 1.60. The zero-order valence-corrected chi connectivity index (χ0v) is 16.6. The number of nitrogens with zero attached hydrogens (tertiary/aromatic N) is 2. The average Bonchev–Trinajstić information content (AvgIpc) is 2.77. The quantitative estimate of drug-likeness (QED) is 0.524. The van der Waals surface area contributed by atoms with Crippen LogP contribution in [-0.2, 0) is 4.74 Å². The molecule has 1 aliphatic rings. The minimum absolute atomic E-state index is 0.213. The number of hydrogen-bond donors (Lipinski definition) is 4. The summed E-state index contributed by atoms with van der Waals surface area (Å²) in [6, 6.07) is 1.50. The number of amides is 3. The number of aliphatic hydroxyl groups excluding tert-OH is 1. The molecule has 3 atom stereocenters. The van der Waals surface area contributed by atoms with Crippen molar-refractivity contribution in [3.8, 4) is 0 Å². The van der Waals surface area contributed by atoms with Gasteiger partial charge >= 0.3 is 6.03 Å². The summed E-state index contributed by atoms with van der Waals surface area (Å²) >= 11 is 0. The minimum Gasteiger partial charge on any atom is -0.394 e. The Kier molecular flexibility index (Phi) is 7.79. The molecule has 3 amide bonds. The van der Waals surface area contributed by atoms with Crippen molar-refractivity contribution < 1.29 is 28.2 Å². The van der Waals surface area contributed by atoms with Crippen LogP contribution in [0.25, 0.3) is 0 Å². The third kappa shape index (κ3) is 6.40. The van der Waals surface area contributed by atoms with Crippen molar-refractivity contribution in [2.24, 2.45) is 0 Å². The molecule has 1 aromatic heterocycles. The number of aromatic nitrogens is 2. The minimum atomic E-state index is -0.765. The smallest absolute Gasteiger partial charge is 0.319 e. The van der Waals surface area contributed by atoms with Gasteiger partial charge in [0.15, 0.2) is 0 Å². The van der Waals surface area contributed by atoms with Crippen LogP contribution in [0.2, 0.25) is 0 Å². The van der Waals surface area contributed by atoms with Gasteiger partial charge in [0.1, 0.15) is 23.4 Å². The van der Waals surface area contributed by atoms with E-state index in [0.29, 0.717) is 25.8 Å². The third-order valence-electron chi connectivity index (χ3n) is 4.84. The topological polar surface area (TPSA) is 125 Å². The van der Waals surface area contributed by atoms with Crippen molar-refractivity contribution in [2.75, 3.05) is 18.5 Å². The maximum absolute atomic E-state index is 13.7. The zero-order chi connectivity index (χ0) is 22.2. The lowest BCUT2D eigenvalue weighted by atomic mass is 9.97. The Morgan fingerprint density at radius 1 is 1.23 bits per heavy atom. The van der Waals surface area contributed by atoms with Gasteiger partial charge in [0.2, 0.25) is 0 Å². The van der Waals surface area contributed by atoms with E-state index in [-0.39, 0.29) is 30.0 Å². The van der Waals surface area contributed by atoms with Gasteiger partial charge in [-0.15, -0.1) is 0 Å². The molecule has 9 nitrogen and oxygen atoms in total. The SMILES string of the molecule is O=C(Nc1cc(F)ccc1F)N[C@H]1CC[C@@H](CCNC(=O)c2cnccn2)O[C@@H]1CO. The number of carbonyl (C=O) groups excluding carboxylic acids is 2. The molecule has 0 bridgehead atoms. The van der Waals surface area contributed by atoms with E-state index in [1.807, 2.05) is 0 Å². The normalized spacial score (nSPS) is 20.7. The average molecular weight is 435 g/mol. The molecule has 1 aromatic carbocycles. The van der Waals surface area contributed by atoms with Gasteiger partial charge in [0, 0.05) is 25.0 Å². The Balaban J connectivity index is 1.45. The summed E-state index contributed by atoms with van der Waals surface area (Å²) in [6.07, 6.45) is 4.97. The number of carbonyl (C=O) groups is 2. The summed E-state index contributed by atoms with van der Waals surface area (Å²) in [6.45, 7) is 0.0113. The number of nitrogens with one attached hydrogen (secondary N) is 3. The number of urea groups is 1. The van der Waals surface area contributed by atoms with Crippen LogP contribution in [0.5, 0.6) is 0 Å². The lowest BCUT2D eigenvalue weighted by Crippen LogP contribution is -2.52. The first-order valence-corrected chi connectivity index (χ1v) is 9.79. The molecular weight excluding hydrogens is 412 g/mol. The molecule has 3 rings (SSSR count). The molecule has 1 aliphatic heterocycles. The Bertz CT molecular complexity index is 902. The van der Waals surface area contributed by atoms with Crippen LogP contribution in [0.4, 0.5) is 19.3 Å². The number of hydrogen-bond acceptors (Lipinski definition) is 6. The predicted molar refractivity (Wildman–Crippen MR) is 106 cm³/mol. The fraction of sp³-hybridized carbons (Fsp3) is 0.400. The Morgan fingerprint density at radius 3 is 2.81 bits per heavy atom. The Labute approximate surface area is 177 Å². The van der Waals surface area contributed by atoms with E-state index >= 15 is 0 Å². The largest absolute Gasteiger partial charge is 0.394 e. The molecule has 0 aliphatic carbocycles. The molecule has 0 saturated carbocycles. The standard InChI is InChI=1S/C20H23F2N5O4/c21-12-1-3-14(22)16(9-12)27-20(30)26-15-4-2-13(31-18(15)11-28)5-6-25-19(29)17-10-23-7-8-24-17/h1,3,7-10,13,15,18,28H,2,4-6,11H2,(H,25,29)(H2,26,27,30)/t13-,15-,18+/m0/s1. The Morgan fingerprint density at radius 2 is 2.06 bits per heavy atom. The molecule has 0 radical (unpaired) electrons. The fourth-order valence-corrected chi connectivity index (χ4v) is 3.28. The molecule has 31 heavy (non-hydrogen) atoms. The second kappa shape index (κ2) is 10.7. The van der Waals surface area contributed by atoms with Gasteiger partial charge in [-0.3, -0.25) is 9.78 Å². The highest BCUT2D eigenvalue weighted by Crippen LogP contribution is 2.22. The summed E-state index contributed by atoms with van der Waals surface area (Å²) in [4.78, 5) is 31.9. The number of aliphatic hydroxyl groups is 1. The first-order valence-electron chi connectivity index (χ1n) is 9.79. The van der Waals surface area contributed by atoms with Crippen LogP contribution in [0.3, 0.4) is 0 Å². The highest BCUT2D eigenvalue weighted by molar-refractivity contribution is 5.91. The van der Waals surface area contributed by atoms with Gasteiger partial charge in [0.05, 0.1) is 30.6 Å². The van der Waals surface area contributed by atoms with Gasteiger partial charge in [-0.1, -0.05) is 0 Å². The van der Waals surface area contributed by atoms with Gasteiger partial charge in [-0.2, -0.15) is 0 Å². The highest BCUT2D eigenvalue weighted by atomic mass is 19.1. The number of ether oxygens (including phenoxy) is 1. The zero-order valence-electron chi connectivity index (χ0n) is 16.6. The maximum Gasteiger partial charge on any atom is 0.319 e. The molecule has 0 spiro atoms. The number of halogens is 2. The summed E-state index contributed by atoms with van der Waals surface area (Å²) in [5, 5.41) is 17.2. The van der Waals surface area contributed by atoms with E-state index in [9.17, 15) is 23.5 Å². The number of anilines is 1. The summed E-state index contributed by atoms with van der Waals surface area (Å²) in [5.74, 6) is -1.79. The molecule has 4 N–H and O–H groups in total. The molecule has 2 aromatic rings. The van der Waals surface area contributed by atoms with Crippen LogP contribution >= 0.6 is 0 Å².